The second-order valence-electron chi connectivity index (χ2n) is 6.00. The van der Waals surface area contributed by atoms with Crippen molar-refractivity contribution in [3.05, 3.63) is 96.1 Å². The third-order valence-electron chi connectivity index (χ3n) is 4.13. The maximum Gasteiger partial charge on any atom is 0.192 e. The number of halogens is 1. The molecule has 4 rings (SSSR count). The fourth-order valence-corrected chi connectivity index (χ4v) is 3.69. The Labute approximate surface area is 161 Å². The average Bonchev–Trinajstić information content (AvgIpc) is 3.11. The molecule has 2 aromatic heterocycles. The number of benzene rings is 2. The van der Waals surface area contributed by atoms with Crippen LogP contribution in [0.1, 0.15) is 11.1 Å². The maximum absolute atomic E-state index is 13.9. The monoisotopic (exact) mass is 376 g/mol. The van der Waals surface area contributed by atoms with Crippen molar-refractivity contribution in [2.75, 3.05) is 0 Å². The van der Waals surface area contributed by atoms with Gasteiger partial charge in [0.15, 0.2) is 11.0 Å². The van der Waals surface area contributed by atoms with Crippen molar-refractivity contribution >= 4 is 11.8 Å². The topological polar surface area (TPSA) is 43.6 Å². The minimum Gasteiger partial charge on any atom is -0.297 e. The van der Waals surface area contributed by atoms with Crippen molar-refractivity contribution in [2.24, 2.45) is 0 Å². The zero-order valence-electron chi connectivity index (χ0n) is 14.5. The van der Waals surface area contributed by atoms with Gasteiger partial charge in [-0.1, -0.05) is 60.3 Å². The van der Waals surface area contributed by atoms with Crippen LogP contribution in [-0.2, 0) is 12.3 Å². The molecule has 0 amide bonds. The van der Waals surface area contributed by atoms with Crippen LogP contribution in [0, 0.1) is 5.82 Å². The predicted molar refractivity (Wildman–Crippen MR) is 105 cm³/mol. The summed E-state index contributed by atoms with van der Waals surface area (Å²) in [6.07, 6.45) is 3.51. The standard InChI is InChI=1S/C21H17FN4S/c22-19-11-5-4-9-18(19)15-27-21-25-24-20(17-10-6-12-23-13-17)26(21)14-16-7-2-1-3-8-16/h1-13H,14-15H2. The van der Waals surface area contributed by atoms with Crippen molar-refractivity contribution in [2.45, 2.75) is 17.5 Å². The largest absolute Gasteiger partial charge is 0.297 e. The van der Waals surface area contributed by atoms with Crippen molar-refractivity contribution < 1.29 is 4.39 Å². The molecule has 4 aromatic rings. The summed E-state index contributed by atoms with van der Waals surface area (Å²) >= 11 is 1.48. The number of nitrogens with zero attached hydrogens (tertiary/aromatic N) is 4. The van der Waals surface area contributed by atoms with Gasteiger partial charge >= 0.3 is 0 Å². The van der Waals surface area contributed by atoms with Crippen LogP contribution in [0.4, 0.5) is 4.39 Å². The third-order valence-corrected chi connectivity index (χ3v) is 5.15. The molecule has 2 aromatic carbocycles. The van der Waals surface area contributed by atoms with Gasteiger partial charge in [0, 0.05) is 23.7 Å². The molecule has 0 bridgehead atoms. The first-order valence-corrected chi connectivity index (χ1v) is 9.53. The van der Waals surface area contributed by atoms with Crippen molar-refractivity contribution in [3.63, 3.8) is 0 Å². The van der Waals surface area contributed by atoms with Crippen LogP contribution in [-0.4, -0.2) is 19.7 Å². The second-order valence-corrected chi connectivity index (χ2v) is 6.94. The lowest BCUT2D eigenvalue weighted by atomic mass is 10.2. The first-order chi connectivity index (χ1) is 13.3. The summed E-state index contributed by atoms with van der Waals surface area (Å²) in [7, 11) is 0. The summed E-state index contributed by atoms with van der Waals surface area (Å²) in [6, 6.07) is 20.8. The van der Waals surface area contributed by atoms with Crippen molar-refractivity contribution in [3.8, 4) is 11.4 Å². The molecule has 0 saturated heterocycles. The lowest BCUT2D eigenvalue weighted by molar-refractivity contribution is 0.617. The molecule has 0 N–H and O–H groups in total. The molecule has 0 aliphatic carbocycles. The summed E-state index contributed by atoms with van der Waals surface area (Å²) < 4.78 is 16.0. The van der Waals surface area contributed by atoms with Gasteiger partial charge in [-0.25, -0.2) is 4.39 Å². The van der Waals surface area contributed by atoms with Crippen LogP contribution < -0.4 is 0 Å². The Morgan fingerprint density at radius 3 is 2.48 bits per heavy atom. The summed E-state index contributed by atoms with van der Waals surface area (Å²) in [5, 5.41) is 9.49. The van der Waals surface area contributed by atoms with Gasteiger partial charge in [0.25, 0.3) is 0 Å². The second kappa shape index (κ2) is 8.14. The molecule has 2 heterocycles. The lowest BCUT2D eigenvalue weighted by Crippen LogP contribution is -2.04. The Kier molecular flexibility index (Phi) is 5.25. The van der Waals surface area contributed by atoms with Gasteiger partial charge in [-0.2, -0.15) is 0 Å². The van der Waals surface area contributed by atoms with Gasteiger partial charge in [-0.05, 0) is 29.3 Å². The van der Waals surface area contributed by atoms with Crippen LogP contribution >= 0.6 is 11.8 Å². The SMILES string of the molecule is Fc1ccccc1CSc1nnc(-c2cccnc2)n1Cc1ccccc1. The van der Waals surface area contributed by atoms with E-state index in [0.717, 1.165) is 22.1 Å². The highest BCUT2D eigenvalue weighted by Gasteiger charge is 2.15. The van der Waals surface area contributed by atoms with E-state index in [-0.39, 0.29) is 5.82 Å². The summed E-state index contributed by atoms with van der Waals surface area (Å²) in [5.74, 6) is 1.04. The number of rotatable bonds is 6. The molecule has 0 aliphatic heterocycles. The Hall–Kier alpha value is -2.99. The third kappa shape index (κ3) is 4.06. The molecule has 0 atom stereocenters. The first-order valence-electron chi connectivity index (χ1n) is 8.55. The van der Waals surface area contributed by atoms with E-state index in [9.17, 15) is 4.39 Å². The van der Waals surface area contributed by atoms with E-state index in [2.05, 4.69) is 31.9 Å². The molecular formula is C21H17FN4S. The van der Waals surface area contributed by atoms with Gasteiger partial charge in [-0.3, -0.25) is 9.55 Å². The first kappa shape index (κ1) is 17.4. The van der Waals surface area contributed by atoms with Crippen LogP contribution in [0.15, 0.2) is 84.3 Å². The summed E-state index contributed by atoms with van der Waals surface area (Å²) in [5.41, 5.74) is 2.70. The highest BCUT2D eigenvalue weighted by Crippen LogP contribution is 2.27. The molecule has 0 saturated carbocycles. The van der Waals surface area contributed by atoms with Crippen LogP contribution in [0.3, 0.4) is 0 Å². The molecule has 0 spiro atoms. The van der Waals surface area contributed by atoms with Crippen molar-refractivity contribution in [1.29, 1.82) is 0 Å². The number of hydrogen-bond donors (Lipinski definition) is 0. The normalized spacial score (nSPS) is 10.9. The highest BCUT2D eigenvalue weighted by atomic mass is 32.2. The van der Waals surface area contributed by atoms with E-state index in [1.807, 2.05) is 36.4 Å². The lowest BCUT2D eigenvalue weighted by Gasteiger charge is -2.10. The molecule has 27 heavy (non-hydrogen) atoms. The zero-order chi connectivity index (χ0) is 18.5. The van der Waals surface area contributed by atoms with E-state index in [1.165, 1.54) is 17.8 Å². The summed E-state index contributed by atoms with van der Waals surface area (Å²) in [4.78, 5) is 4.19. The fourth-order valence-electron chi connectivity index (χ4n) is 2.77. The smallest absolute Gasteiger partial charge is 0.192 e. The number of thioether (sulfide) groups is 1. The van der Waals surface area contributed by atoms with Gasteiger partial charge < -0.3 is 0 Å². The minimum atomic E-state index is -0.202. The predicted octanol–water partition coefficient (Wildman–Crippen LogP) is 4.82. The summed E-state index contributed by atoms with van der Waals surface area (Å²) in [6.45, 7) is 0.637. The van der Waals surface area contributed by atoms with E-state index < -0.39 is 0 Å². The number of pyridine rings is 1. The minimum absolute atomic E-state index is 0.202. The van der Waals surface area contributed by atoms with E-state index in [0.29, 0.717) is 17.9 Å². The quantitative estimate of drug-likeness (QED) is 0.453. The van der Waals surface area contributed by atoms with E-state index in [1.54, 1.807) is 24.5 Å². The number of aromatic nitrogens is 4. The number of hydrogen-bond acceptors (Lipinski definition) is 4. The van der Waals surface area contributed by atoms with Crippen LogP contribution in [0.2, 0.25) is 0 Å². The molecule has 0 radical (unpaired) electrons. The zero-order valence-corrected chi connectivity index (χ0v) is 15.3. The van der Waals surface area contributed by atoms with Gasteiger partial charge in [-0.15, -0.1) is 10.2 Å². The maximum atomic E-state index is 13.9. The molecular weight excluding hydrogens is 359 g/mol. The Balaban J connectivity index is 1.66. The molecule has 0 fully saturated rings. The molecule has 0 unspecified atom stereocenters. The Morgan fingerprint density at radius 2 is 1.70 bits per heavy atom. The highest BCUT2D eigenvalue weighted by molar-refractivity contribution is 7.98. The van der Waals surface area contributed by atoms with Gasteiger partial charge in [0.1, 0.15) is 5.82 Å². The molecule has 0 aliphatic rings. The molecule has 4 nitrogen and oxygen atoms in total. The van der Waals surface area contributed by atoms with Gasteiger partial charge in [0.05, 0.1) is 6.54 Å². The fraction of sp³-hybridized carbons (Fsp3) is 0.0952. The van der Waals surface area contributed by atoms with E-state index >= 15 is 0 Å². The molecule has 134 valence electrons. The molecule has 6 heteroatoms. The van der Waals surface area contributed by atoms with Crippen LogP contribution in [0.5, 0.6) is 0 Å². The van der Waals surface area contributed by atoms with Gasteiger partial charge in [0.2, 0.25) is 0 Å². The Morgan fingerprint density at radius 1 is 0.889 bits per heavy atom. The van der Waals surface area contributed by atoms with E-state index in [4.69, 9.17) is 0 Å². The average molecular weight is 376 g/mol. The van der Waals surface area contributed by atoms with Crippen molar-refractivity contribution in [1.82, 2.24) is 19.7 Å². The Bertz CT molecular complexity index is 1020. The van der Waals surface area contributed by atoms with Crippen LogP contribution in [0.25, 0.3) is 11.4 Å².